The van der Waals surface area contributed by atoms with E-state index in [0.29, 0.717) is 21.7 Å². The number of rotatable bonds is 8. The van der Waals surface area contributed by atoms with Crippen molar-refractivity contribution < 1.29 is 4.79 Å². The van der Waals surface area contributed by atoms with Gasteiger partial charge in [-0.15, -0.1) is 5.10 Å². The summed E-state index contributed by atoms with van der Waals surface area (Å²) in [6.45, 7) is 0.615. The Balaban J connectivity index is 1.25. The fourth-order valence-electron chi connectivity index (χ4n) is 3.68. The van der Waals surface area contributed by atoms with E-state index in [2.05, 4.69) is 30.6 Å². The van der Waals surface area contributed by atoms with E-state index in [1.54, 1.807) is 17.0 Å². The van der Waals surface area contributed by atoms with Crippen LogP contribution < -0.4 is 5.43 Å². The van der Waals surface area contributed by atoms with Crippen molar-refractivity contribution in [3.05, 3.63) is 100 Å². The fraction of sp³-hybridized carbons (Fsp3) is 0.0800. The molecule has 0 radical (unpaired) electrons. The Hall–Kier alpha value is -3.66. The molecule has 0 aliphatic rings. The van der Waals surface area contributed by atoms with Gasteiger partial charge in [-0.05, 0) is 46.3 Å². The van der Waals surface area contributed by atoms with E-state index in [-0.39, 0.29) is 11.7 Å². The molecule has 2 heterocycles. The number of nitrogens with one attached hydrogen (secondary N) is 1. The van der Waals surface area contributed by atoms with Crippen LogP contribution in [0.15, 0.2) is 89.3 Å². The molecule has 180 valence electrons. The number of amides is 1. The molecule has 3 aromatic carbocycles. The number of fused-ring (bicyclic) bond motifs is 1. The SMILES string of the molecule is O=C(CSc1nnnn1-c1ccccc1)N/N=C\c1cn(Cc2ccc(Cl)c(Cl)c2)c2ccccc12. The van der Waals surface area contributed by atoms with Crippen LogP contribution in [0.5, 0.6) is 0 Å². The maximum atomic E-state index is 12.4. The lowest BCUT2D eigenvalue weighted by Gasteiger charge is -2.06. The minimum absolute atomic E-state index is 0.115. The molecule has 0 saturated heterocycles. The van der Waals surface area contributed by atoms with Gasteiger partial charge in [0.1, 0.15) is 0 Å². The monoisotopic (exact) mass is 535 g/mol. The second kappa shape index (κ2) is 10.9. The summed E-state index contributed by atoms with van der Waals surface area (Å²) >= 11 is 13.5. The highest BCUT2D eigenvalue weighted by Crippen LogP contribution is 2.25. The number of aromatic nitrogens is 5. The van der Waals surface area contributed by atoms with Gasteiger partial charge in [0.2, 0.25) is 5.16 Å². The van der Waals surface area contributed by atoms with Crippen molar-refractivity contribution in [1.82, 2.24) is 30.2 Å². The first-order valence-corrected chi connectivity index (χ1v) is 12.6. The van der Waals surface area contributed by atoms with Crippen LogP contribution in [-0.2, 0) is 11.3 Å². The van der Waals surface area contributed by atoms with E-state index < -0.39 is 0 Å². The number of nitrogens with zero attached hydrogens (tertiary/aromatic N) is 6. The van der Waals surface area contributed by atoms with Gasteiger partial charge in [0.25, 0.3) is 5.91 Å². The van der Waals surface area contributed by atoms with Crippen molar-refractivity contribution in [3.8, 4) is 5.69 Å². The minimum atomic E-state index is -0.265. The average molecular weight is 536 g/mol. The average Bonchev–Trinajstić information content (AvgIpc) is 3.51. The van der Waals surface area contributed by atoms with E-state index in [9.17, 15) is 4.79 Å². The highest BCUT2D eigenvalue weighted by Gasteiger charge is 2.12. The molecule has 0 aliphatic carbocycles. The summed E-state index contributed by atoms with van der Waals surface area (Å²) < 4.78 is 3.70. The second-order valence-corrected chi connectivity index (χ2v) is 9.53. The normalized spacial score (nSPS) is 11.4. The first-order valence-electron chi connectivity index (χ1n) is 10.9. The predicted molar refractivity (Wildman–Crippen MR) is 143 cm³/mol. The lowest BCUT2D eigenvalue weighted by Crippen LogP contribution is -2.20. The number of carbonyl (C=O) groups excluding carboxylic acids is 1. The molecular formula is C25H19Cl2N7OS. The second-order valence-electron chi connectivity index (χ2n) is 7.77. The van der Waals surface area contributed by atoms with Gasteiger partial charge in [-0.2, -0.15) is 9.78 Å². The summed E-state index contributed by atoms with van der Waals surface area (Å²) in [4.78, 5) is 12.4. The van der Waals surface area contributed by atoms with Crippen molar-refractivity contribution >= 4 is 58.0 Å². The van der Waals surface area contributed by atoms with E-state index >= 15 is 0 Å². The van der Waals surface area contributed by atoms with Crippen LogP contribution >= 0.6 is 35.0 Å². The fourth-order valence-corrected chi connectivity index (χ4v) is 4.68. The highest BCUT2D eigenvalue weighted by molar-refractivity contribution is 7.99. The molecule has 0 fully saturated rings. The van der Waals surface area contributed by atoms with E-state index in [0.717, 1.165) is 27.7 Å². The minimum Gasteiger partial charge on any atom is -0.342 e. The number of hydrazone groups is 1. The highest BCUT2D eigenvalue weighted by atomic mass is 35.5. The molecule has 0 atom stereocenters. The van der Waals surface area contributed by atoms with Crippen LogP contribution in [0.25, 0.3) is 16.6 Å². The Morgan fingerprint density at radius 3 is 2.67 bits per heavy atom. The summed E-state index contributed by atoms with van der Waals surface area (Å²) in [5.41, 5.74) is 6.35. The zero-order valence-corrected chi connectivity index (χ0v) is 21.1. The quantitative estimate of drug-likeness (QED) is 0.167. The van der Waals surface area contributed by atoms with Crippen LogP contribution in [0.3, 0.4) is 0 Å². The molecule has 5 aromatic rings. The van der Waals surface area contributed by atoms with Gasteiger partial charge < -0.3 is 4.57 Å². The Morgan fingerprint density at radius 2 is 1.83 bits per heavy atom. The zero-order valence-electron chi connectivity index (χ0n) is 18.8. The van der Waals surface area contributed by atoms with Gasteiger partial charge in [0, 0.05) is 29.2 Å². The maximum Gasteiger partial charge on any atom is 0.250 e. The molecule has 5 rings (SSSR count). The standard InChI is InChI=1S/C25H19Cl2N7OS/c26-21-11-10-17(12-22(21)27)14-33-15-18(20-8-4-5-9-23(20)33)13-28-29-24(35)16-36-25-30-31-32-34(25)19-6-2-1-3-7-19/h1-13,15H,14,16H2,(H,29,35)/b28-13-. The van der Waals surface area contributed by atoms with Crippen molar-refractivity contribution in [1.29, 1.82) is 0 Å². The van der Waals surface area contributed by atoms with Gasteiger partial charge in [-0.25, -0.2) is 5.43 Å². The number of halogens is 2. The van der Waals surface area contributed by atoms with Crippen molar-refractivity contribution in [3.63, 3.8) is 0 Å². The van der Waals surface area contributed by atoms with Gasteiger partial charge in [0.05, 0.1) is 27.7 Å². The van der Waals surface area contributed by atoms with Crippen LogP contribution in [0.2, 0.25) is 10.0 Å². The summed E-state index contributed by atoms with van der Waals surface area (Å²) in [5.74, 6) is -0.151. The van der Waals surface area contributed by atoms with Crippen LogP contribution in [-0.4, -0.2) is 42.6 Å². The molecule has 0 unspecified atom stereocenters. The van der Waals surface area contributed by atoms with E-state index in [4.69, 9.17) is 23.2 Å². The summed E-state index contributed by atoms with van der Waals surface area (Å²) in [5, 5.41) is 18.5. The Morgan fingerprint density at radius 1 is 1.03 bits per heavy atom. The molecule has 11 heteroatoms. The van der Waals surface area contributed by atoms with Gasteiger partial charge in [-0.1, -0.05) is 77.4 Å². The van der Waals surface area contributed by atoms with Gasteiger partial charge in [-0.3, -0.25) is 4.79 Å². The number of benzene rings is 3. The van der Waals surface area contributed by atoms with Crippen LogP contribution in [0.4, 0.5) is 0 Å². The summed E-state index contributed by atoms with van der Waals surface area (Å²) in [6, 6.07) is 23.1. The number of para-hydroxylation sites is 2. The molecule has 8 nitrogen and oxygen atoms in total. The zero-order chi connectivity index (χ0) is 24.9. The molecule has 0 bridgehead atoms. The predicted octanol–water partition coefficient (Wildman–Crippen LogP) is 5.21. The molecule has 0 spiro atoms. The molecule has 0 saturated carbocycles. The van der Waals surface area contributed by atoms with Crippen molar-refractivity contribution in [2.24, 2.45) is 5.10 Å². The van der Waals surface area contributed by atoms with Crippen LogP contribution in [0.1, 0.15) is 11.1 Å². The lowest BCUT2D eigenvalue weighted by molar-refractivity contribution is -0.118. The molecule has 1 amide bonds. The largest absolute Gasteiger partial charge is 0.342 e. The Bertz CT molecular complexity index is 1550. The summed E-state index contributed by atoms with van der Waals surface area (Å²) in [7, 11) is 0. The summed E-state index contributed by atoms with van der Waals surface area (Å²) in [6.07, 6.45) is 3.63. The third-order valence-corrected chi connectivity index (χ3v) is 6.98. The van der Waals surface area contributed by atoms with E-state index in [1.165, 1.54) is 11.8 Å². The molecular weight excluding hydrogens is 517 g/mol. The third kappa shape index (κ3) is 5.43. The third-order valence-electron chi connectivity index (χ3n) is 5.32. The van der Waals surface area contributed by atoms with Gasteiger partial charge in [0.15, 0.2) is 0 Å². The number of hydrogen-bond acceptors (Lipinski definition) is 6. The van der Waals surface area contributed by atoms with Crippen molar-refractivity contribution in [2.75, 3.05) is 5.75 Å². The number of carbonyl (C=O) groups is 1. The number of thioether (sulfide) groups is 1. The number of tetrazole rings is 1. The topological polar surface area (TPSA) is 90.0 Å². The maximum absolute atomic E-state index is 12.4. The Kier molecular flexibility index (Phi) is 7.31. The van der Waals surface area contributed by atoms with E-state index in [1.807, 2.05) is 72.9 Å². The molecule has 2 aromatic heterocycles. The van der Waals surface area contributed by atoms with Gasteiger partial charge >= 0.3 is 0 Å². The lowest BCUT2D eigenvalue weighted by atomic mass is 10.2. The number of hydrogen-bond donors (Lipinski definition) is 1. The van der Waals surface area contributed by atoms with Crippen molar-refractivity contribution in [2.45, 2.75) is 11.7 Å². The molecule has 1 N–H and O–H groups in total. The first-order chi connectivity index (χ1) is 17.6. The van der Waals surface area contributed by atoms with Crippen LogP contribution in [0, 0.1) is 0 Å². The Labute approximate surface area is 220 Å². The molecule has 36 heavy (non-hydrogen) atoms. The molecule has 0 aliphatic heterocycles. The smallest absolute Gasteiger partial charge is 0.250 e. The first kappa shape index (κ1) is 24.1.